The topological polar surface area (TPSA) is 53.5 Å². The first-order valence-electron chi connectivity index (χ1n) is 5.62. The summed E-state index contributed by atoms with van der Waals surface area (Å²) in [6.07, 6.45) is 6.21. The van der Waals surface area contributed by atoms with E-state index in [1.165, 1.54) is 0 Å². The molecule has 3 N–H and O–H groups in total. The van der Waals surface area contributed by atoms with E-state index in [2.05, 4.69) is 24.3 Å². The second-order valence-electron chi connectivity index (χ2n) is 4.17. The summed E-state index contributed by atoms with van der Waals surface area (Å²) in [6.45, 7) is 0. The lowest BCUT2D eigenvalue weighted by molar-refractivity contribution is 0.0611. The van der Waals surface area contributed by atoms with Gasteiger partial charge in [0.25, 0.3) is 0 Å². The number of fused-ring (bicyclic) bond motifs is 2. The summed E-state index contributed by atoms with van der Waals surface area (Å²) in [7, 11) is 3.44. The quantitative estimate of drug-likeness (QED) is 0.887. The molecule has 0 aromatic heterocycles. The molecule has 1 aromatic carbocycles. The molecule has 3 rings (SSSR count). The Hall–Kier alpha value is -1.84. The third-order valence-electron chi connectivity index (χ3n) is 3.47. The zero-order valence-corrected chi connectivity index (χ0v) is 10.6. The highest BCUT2D eigenvalue weighted by Gasteiger charge is 2.47. The summed E-state index contributed by atoms with van der Waals surface area (Å²) in [5.74, 6) is 0.896. The molecule has 2 aliphatic rings. The molecule has 0 saturated carbocycles. The first-order valence-corrected chi connectivity index (χ1v) is 5.62. The first kappa shape index (κ1) is 12.6. The molecule has 1 unspecified atom stereocenters. The Balaban J connectivity index is 0.00000120. The van der Waals surface area contributed by atoms with Crippen molar-refractivity contribution in [1.82, 2.24) is 6.15 Å². The van der Waals surface area contributed by atoms with Crippen molar-refractivity contribution >= 4 is 0 Å². The van der Waals surface area contributed by atoms with E-state index in [-0.39, 0.29) is 6.15 Å². The molecule has 0 saturated heterocycles. The molecule has 0 fully saturated rings. The lowest BCUT2D eigenvalue weighted by atomic mass is 9.87. The Morgan fingerprint density at radius 2 is 1.72 bits per heavy atom. The van der Waals surface area contributed by atoms with Crippen LogP contribution in [0.4, 0.5) is 0 Å². The molecule has 0 heterocycles. The lowest BCUT2D eigenvalue weighted by Gasteiger charge is -2.29. The summed E-state index contributed by atoms with van der Waals surface area (Å²) in [5, 5.41) is 0. The van der Waals surface area contributed by atoms with Gasteiger partial charge in [-0.25, -0.2) is 0 Å². The number of hydrogen-bond acceptors (Lipinski definition) is 3. The van der Waals surface area contributed by atoms with Gasteiger partial charge >= 0.3 is 0 Å². The highest BCUT2D eigenvalue weighted by atomic mass is 16.5. The SMILES string of the molecule is COC1=C2C=CC(=C1)C2(OC)c1ccccc1.N. The van der Waals surface area contributed by atoms with Crippen molar-refractivity contribution in [2.45, 2.75) is 5.60 Å². The van der Waals surface area contributed by atoms with Crippen LogP contribution in [0.3, 0.4) is 0 Å². The molecule has 3 nitrogen and oxygen atoms in total. The number of benzene rings is 1. The molecule has 0 aliphatic heterocycles. The number of ether oxygens (including phenoxy) is 2. The van der Waals surface area contributed by atoms with E-state index in [0.717, 1.165) is 22.5 Å². The van der Waals surface area contributed by atoms with E-state index < -0.39 is 5.60 Å². The van der Waals surface area contributed by atoms with Crippen LogP contribution in [0.25, 0.3) is 0 Å². The molecule has 94 valence electrons. The summed E-state index contributed by atoms with van der Waals surface area (Å²) < 4.78 is 11.2. The molecule has 1 atom stereocenters. The minimum atomic E-state index is -0.466. The van der Waals surface area contributed by atoms with Gasteiger partial charge in [0, 0.05) is 12.7 Å². The fraction of sp³-hybridized carbons (Fsp3) is 0.200. The van der Waals surface area contributed by atoms with Crippen LogP contribution in [0.2, 0.25) is 0 Å². The second kappa shape index (κ2) is 4.44. The average molecular weight is 243 g/mol. The van der Waals surface area contributed by atoms with Gasteiger partial charge in [0.05, 0.1) is 7.11 Å². The zero-order chi connectivity index (χ0) is 11.9. The van der Waals surface area contributed by atoms with Crippen molar-refractivity contribution in [3.63, 3.8) is 0 Å². The Bertz CT molecular complexity index is 543. The van der Waals surface area contributed by atoms with E-state index in [4.69, 9.17) is 9.47 Å². The average Bonchev–Trinajstić information content (AvgIpc) is 2.92. The number of hydrogen-bond donors (Lipinski definition) is 1. The predicted octanol–water partition coefficient (Wildman–Crippen LogP) is 3.10. The molecule has 0 amide bonds. The molecular weight excluding hydrogens is 226 g/mol. The molecule has 3 heteroatoms. The molecule has 2 bridgehead atoms. The molecular formula is C15H17NO2. The maximum Gasteiger partial charge on any atom is 0.147 e. The van der Waals surface area contributed by atoms with Gasteiger partial charge in [0.2, 0.25) is 0 Å². The van der Waals surface area contributed by atoms with Gasteiger partial charge in [-0.2, -0.15) is 0 Å². The molecule has 0 radical (unpaired) electrons. The Labute approximate surface area is 107 Å². The zero-order valence-electron chi connectivity index (χ0n) is 10.6. The largest absolute Gasteiger partial charge is 0.496 e. The van der Waals surface area contributed by atoms with Crippen molar-refractivity contribution in [3.8, 4) is 0 Å². The second-order valence-corrected chi connectivity index (χ2v) is 4.17. The van der Waals surface area contributed by atoms with Crippen molar-refractivity contribution in [2.24, 2.45) is 0 Å². The highest BCUT2D eigenvalue weighted by molar-refractivity contribution is 5.65. The Kier molecular flexibility index (Phi) is 3.11. The van der Waals surface area contributed by atoms with Crippen LogP contribution in [0, 0.1) is 0 Å². The maximum atomic E-state index is 5.84. The third kappa shape index (κ3) is 1.38. The number of rotatable bonds is 3. The van der Waals surface area contributed by atoms with Crippen LogP contribution in [0.5, 0.6) is 0 Å². The minimum Gasteiger partial charge on any atom is -0.496 e. The number of allylic oxidation sites excluding steroid dienone is 1. The van der Waals surface area contributed by atoms with Crippen molar-refractivity contribution < 1.29 is 9.47 Å². The van der Waals surface area contributed by atoms with Crippen LogP contribution in [0.1, 0.15) is 5.56 Å². The van der Waals surface area contributed by atoms with Gasteiger partial charge in [-0.1, -0.05) is 42.5 Å². The van der Waals surface area contributed by atoms with Crippen LogP contribution in [-0.2, 0) is 15.1 Å². The summed E-state index contributed by atoms with van der Waals surface area (Å²) in [4.78, 5) is 0. The van der Waals surface area contributed by atoms with Gasteiger partial charge in [-0.05, 0) is 17.2 Å². The Morgan fingerprint density at radius 1 is 1.00 bits per heavy atom. The van der Waals surface area contributed by atoms with Crippen LogP contribution < -0.4 is 6.15 Å². The Morgan fingerprint density at radius 3 is 2.28 bits per heavy atom. The summed E-state index contributed by atoms with van der Waals surface area (Å²) in [6, 6.07) is 10.2. The van der Waals surface area contributed by atoms with E-state index in [9.17, 15) is 0 Å². The van der Waals surface area contributed by atoms with Gasteiger partial charge in [-0.15, -0.1) is 0 Å². The van der Waals surface area contributed by atoms with Crippen LogP contribution >= 0.6 is 0 Å². The summed E-state index contributed by atoms with van der Waals surface area (Å²) in [5.41, 5.74) is 2.90. The fourth-order valence-corrected chi connectivity index (χ4v) is 2.70. The minimum absolute atomic E-state index is 0. The number of methoxy groups -OCH3 is 2. The first-order chi connectivity index (χ1) is 8.32. The third-order valence-corrected chi connectivity index (χ3v) is 3.47. The molecule has 2 aliphatic carbocycles. The molecule has 18 heavy (non-hydrogen) atoms. The van der Waals surface area contributed by atoms with Gasteiger partial charge in [0.1, 0.15) is 11.4 Å². The van der Waals surface area contributed by atoms with Crippen molar-refractivity contribution in [1.29, 1.82) is 0 Å². The van der Waals surface area contributed by atoms with Crippen molar-refractivity contribution in [2.75, 3.05) is 14.2 Å². The van der Waals surface area contributed by atoms with Crippen molar-refractivity contribution in [3.05, 3.63) is 71.0 Å². The normalized spacial score (nSPS) is 24.0. The fourth-order valence-electron chi connectivity index (χ4n) is 2.70. The highest BCUT2D eigenvalue weighted by Crippen LogP contribution is 2.51. The van der Waals surface area contributed by atoms with E-state index in [0.29, 0.717) is 0 Å². The molecule has 1 aromatic rings. The monoisotopic (exact) mass is 243 g/mol. The smallest absolute Gasteiger partial charge is 0.147 e. The van der Waals surface area contributed by atoms with E-state index >= 15 is 0 Å². The van der Waals surface area contributed by atoms with Crippen LogP contribution in [-0.4, -0.2) is 14.2 Å². The lowest BCUT2D eigenvalue weighted by Crippen LogP contribution is -2.27. The van der Waals surface area contributed by atoms with Gasteiger partial charge < -0.3 is 15.6 Å². The maximum absolute atomic E-state index is 5.84. The van der Waals surface area contributed by atoms with Gasteiger partial charge in [-0.3, -0.25) is 0 Å². The van der Waals surface area contributed by atoms with Gasteiger partial charge in [0.15, 0.2) is 0 Å². The van der Waals surface area contributed by atoms with E-state index in [1.807, 2.05) is 24.3 Å². The van der Waals surface area contributed by atoms with E-state index in [1.54, 1.807) is 14.2 Å². The standard InChI is InChI=1S/C15H14O2.H3N/c1-16-14-10-12-8-9-13(14)15(12,17-2)11-6-4-3-5-7-11;/h3-10H,1-2H3;1H3. The predicted molar refractivity (Wildman–Crippen MR) is 71.4 cm³/mol. The van der Waals surface area contributed by atoms with Crippen LogP contribution in [0.15, 0.2) is 65.5 Å². The molecule has 0 spiro atoms. The summed E-state index contributed by atoms with van der Waals surface area (Å²) >= 11 is 0.